The van der Waals surface area contributed by atoms with Gasteiger partial charge in [-0.2, -0.15) is 0 Å². The molecule has 0 amide bonds. The lowest BCUT2D eigenvalue weighted by molar-refractivity contribution is -0.385. The topological polar surface area (TPSA) is 111 Å². The van der Waals surface area contributed by atoms with Crippen molar-refractivity contribution in [3.63, 3.8) is 0 Å². The molecule has 2 atom stereocenters. The van der Waals surface area contributed by atoms with Gasteiger partial charge in [0.15, 0.2) is 11.5 Å². The van der Waals surface area contributed by atoms with Gasteiger partial charge in [0, 0.05) is 5.75 Å². The summed E-state index contributed by atoms with van der Waals surface area (Å²) in [4.78, 5) is 21.6. The summed E-state index contributed by atoms with van der Waals surface area (Å²) in [6.07, 6.45) is 0. The van der Waals surface area contributed by atoms with Gasteiger partial charge in [-0.3, -0.25) is 20.2 Å². The highest BCUT2D eigenvalue weighted by Crippen LogP contribution is 2.44. The number of carboxylic acid groups (broad SMARTS) is 1. The Balaban J connectivity index is 1.96. The molecule has 2 heterocycles. The molecule has 0 unspecified atom stereocenters. The van der Waals surface area contributed by atoms with Crippen LogP contribution in [0.3, 0.4) is 0 Å². The second kappa shape index (κ2) is 4.84. The molecule has 1 fully saturated rings. The van der Waals surface area contributed by atoms with E-state index in [1.54, 1.807) is 0 Å². The number of fused-ring (bicyclic) bond motifs is 1. The van der Waals surface area contributed by atoms with Gasteiger partial charge in [0.1, 0.15) is 6.04 Å². The van der Waals surface area contributed by atoms with Crippen LogP contribution in [0.4, 0.5) is 5.69 Å². The van der Waals surface area contributed by atoms with E-state index < -0.39 is 22.3 Å². The van der Waals surface area contributed by atoms with E-state index >= 15 is 0 Å². The molecule has 0 aromatic heterocycles. The summed E-state index contributed by atoms with van der Waals surface area (Å²) in [5.41, 5.74) is 0.290. The second-order valence-electron chi connectivity index (χ2n) is 4.29. The average Bonchev–Trinajstić information content (AvgIpc) is 3.05. The fourth-order valence-electron chi connectivity index (χ4n) is 2.11. The highest BCUT2D eigenvalue weighted by Gasteiger charge is 2.35. The van der Waals surface area contributed by atoms with E-state index in [4.69, 9.17) is 14.6 Å². The van der Waals surface area contributed by atoms with Crippen LogP contribution in [0, 0.1) is 10.1 Å². The van der Waals surface area contributed by atoms with E-state index in [1.165, 1.54) is 23.9 Å². The zero-order chi connectivity index (χ0) is 14.3. The lowest BCUT2D eigenvalue weighted by atomic mass is 10.1. The predicted molar refractivity (Wildman–Crippen MR) is 69.0 cm³/mol. The smallest absolute Gasteiger partial charge is 0.321 e. The number of hydrogen-bond donors (Lipinski definition) is 2. The van der Waals surface area contributed by atoms with E-state index in [1.807, 2.05) is 0 Å². The number of benzene rings is 1. The summed E-state index contributed by atoms with van der Waals surface area (Å²) in [5.74, 6) is 0.152. The number of carboxylic acids is 1. The molecule has 2 aliphatic rings. The molecule has 20 heavy (non-hydrogen) atoms. The molecule has 106 valence electrons. The Hall–Kier alpha value is -2.00. The SMILES string of the molecule is O=C(O)[C@H]1CS[C@H](c2cc3c(cc2[N+](=O)[O-])OCO3)N1. The van der Waals surface area contributed by atoms with Crippen molar-refractivity contribution in [3.05, 3.63) is 27.8 Å². The van der Waals surface area contributed by atoms with Crippen molar-refractivity contribution in [1.82, 2.24) is 5.32 Å². The van der Waals surface area contributed by atoms with Gasteiger partial charge in [0.2, 0.25) is 6.79 Å². The first-order chi connectivity index (χ1) is 9.56. The number of thioether (sulfide) groups is 1. The minimum Gasteiger partial charge on any atom is -0.480 e. The van der Waals surface area contributed by atoms with Crippen molar-refractivity contribution in [3.8, 4) is 11.5 Å². The molecule has 0 radical (unpaired) electrons. The predicted octanol–water partition coefficient (Wildman–Crippen LogP) is 1.11. The van der Waals surface area contributed by atoms with Gasteiger partial charge >= 0.3 is 5.97 Å². The number of rotatable bonds is 3. The first kappa shape index (κ1) is 13.0. The van der Waals surface area contributed by atoms with Gasteiger partial charge in [-0.1, -0.05) is 0 Å². The van der Waals surface area contributed by atoms with Gasteiger partial charge in [0.05, 0.1) is 21.9 Å². The van der Waals surface area contributed by atoms with Gasteiger partial charge in [0.25, 0.3) is 5.69 Å². The Labute approximate surface area is 117 Å². The molecule has 1 saturated heterocycles. The number of hydrogen-bond acceptors (Lipinski definition) is 7. The van der Waals surface area contributed by atoms with Gasteiger partial charge in [-0.15, -0.1) is 11.8 Å². The first-order valence-corrected chi connectivity index (χ1v) is 6.79. The molecule has 0 aliphatic carbocycles. The Morgan fingerprint density at radius 2 is 2.15 bits per heavy atom. The largest absolute Gasteiger partial charge is 0.480 e. The number of ether oxygens (including phenoxy) is 2. The molecule has 3 rings (SSSR count). The van der Waals surface area contributed by atoms with Crippen LogP contribution >= 0.6 is 11.8 Å². The fraction of sp³-hybridized carbons (Fsp3) is 0.364. The monoisotopic (exact) mass is 298 g/mol. The van der Waals surface area contributed by atoms with Crippen LogP contribution in [0.15, 0.2) is 12.1 Å². The number of nitro groups is 1. The summed E-state index contributed by atoms with van der Waals surface area (Å²) in [6.45, 7) is 0.0267. The van der Waals surface area contributed by atoms with E-state index in [2.05, 4.69) is 5.32 Å². The average molecular weight is 298 g/mol. The van der Waals surface area contributed by atoms with Crippen LogP contribution in [-0.2, 0) is 4.79 Å². The highest BCUT2D eigenvalue weighted by atomic mass is 32.2. The van der Waals surface area contributed by atoms with Gasteiger partial charge in [-0.25, -0.2) is 0 Å². The number of nitro benzene ring substituents is 1. The standard InChI is InChI=1S/C11H10N2O6S/c14-11(15)6-3-20-10(12-6)5-1-8-9(19-4-18-8)2-7(5)13(16)17/h1-2,6,10,12H,3-4H2,(H,14,15)/t6-,10-/m1/s1. The molecular formula is C11H10N2O6S. The zero-order valence-corrected chi connectivity index (χ0v) is 10.9. The normalized spacial score (nSPS) is 23.8. The Bertz CT molecular complexity index is 593. The van der Waals surface area contributed by atoms with Crippen LogP contribution < -0.4 is 14.8 Å². The van der Waals surface area contributed by atoms with Crippen LogP contribution in [-0.4, -0.2) is 34.6 Å². The summed E-state index contributed by atoms with van der Waals surface area (Å²) in [5, 5.41) is 22.5. The van der Waals surface area contributed by atoms with Gasteiger partial charge < -0.3 is 14.6 Å². The maximum absolute atomic E-state index is 11.1. The van der Waals surface area contributed by atoms with Crippen molar-refractivity contribution < 1.29 is 24.3 Å². The maximum Gasteiger partial charge on any atom is 0.321 e. The molecule has 2 N–H and O–H groups in total. The van der Waals surface area contributed by atoms with Crippen LogP contribution in [0.5, 0.6) is 11.5 Å². The fourth-order valence-corrected chi connectivity index (χ4v) is 3.36. The number of aliphatic carboxylic acids is 1. The van der Waals surface area contributed by atoms with Crippen molar-refractivity contribution in [2.75, 3.05) is 12.5 Å². The molecule has 0 saturated carbocycles. The lowest BCUT2D eigenvalue weighted by Gasteiger charge is -2.12. The van der Waals surface area contributed by atoms with Crippen LogP contribution in [0.2, 0.25) is 0 Å². The van der Waals surface area contributed by atoms with Crippen LogP contribution in [0.25, 0.3) is 0 Å². The van der Waals surface area contributed by atoms with Crippen LogP contribution in [0.1, 0.15) is 10.9 Å². The minimum atomic E-state index is -0.969. The Morgan fingerprint density at radius 3 is 2.75 bits per heavy atom. The van der Waals surface area contributed by atoms with Crippen molar-refractivity contribution in [2.24, 2.45) is 0 Å². The number of carbonyl (C=O) groups is 1. The van der Waals surface area contributed by atoms with Gasteiger partial charge in [-0.05, 0) is 6.07 Å². The minimum absolute atomic E-state index is 0.0267. The summed E-state index contributed by atoms with van der Waals surface area (Å²) in [6, 6.07) is 2.14. The molecule has 9 heteroatoms. The van der Waals surface area contributed by atoms with E-state index in [0.29, 0.717) is 22.8 Å². The summed E-state index contributed by atoms with van der Waals surface area (Å²) in [7, 11) is 0. The zero-order valence-electron chi connectivity index (χ0n) is 10.1. The quantitative estimate of drug-likeness (QED) is 0.630. The molecule has 1 aromatic carbocycles. The molecule has 0 bridgehead atoms. The highest BCUT2D eigenvalue weighted by molar-refractivity contribution is 7.99. The first-order valence-electron chi connectivity index (χ1n) is 5.74. The third-order valence-corrected chi connectivity index (χ3v) is 4.33. The lowest BCUT2D eigenvalue weighted by Crippen LogP contribution is -2.33. The molecular weight excluding hydrogens is 288 g/mol. The third kappa shape index (κ3) is 2.14. The molecule has 0 spiro atoms. The summed E-state index contributed by atoms with van der Waals surface area (Å²) >= 11 is 1.32. The van der Waals surface area contributed by atoms with E-state index in [-0.39, 0.29) is 12.5 Å². The van der Waals surface area contributed by atoms with Crippen molar-refractivity contribution in [1.29, 1.82) is 0 Å². The molecule has 2 aliphatic heterocycles. The second-order valence-corrected chi connectivity index (χ2v) is 5.43. The number of nitrogens with zero attached hydrogens (tertiary/aromatic N) is 1. The Morgan fingerprint density at radius 1 is 1.45 bits per heavy atom. The third-order valence-electron chi connectivity index (χ3n) is 3.08. The maximum atomic E-state index is 11.1. The summed E-state index contributed by atoms with van der Waals surface area (Å²) < 4.78 is 10.3. The van der Waals surface area contributed by atoms with E-state index in [9.17, 15) is 14.9 Å². The van der Waals surface area contributed by atoms with Crippen molar-refractivity contribution in [2.45, 2.75) is 11.4 Å². The molecule has 1 aromatic rings. The van der Waals surface area contributed by atoms with E-state index in [0.717, 1.165) is 0 Å². The van der Waals surface area contributed by atoms with Crippen molar-refractivity contribution >= 4 is 23.4 Å². The number of nitrogens with one attached hydrogen (secondary N) is 1. The Kier molecular flexibility index (Phi) is 3.14. The molecule has 8 nitrogen and oxygen atoms in total.